The van der Waals surface area contributed by atoms with Gasteiger partial charge in [0.1, 0.15) is 5.69 Å². The first-order valence-corrected chi connectivity index (χ1v) is 8.41. The van der Waals surface area contributed by atoms with Gasteiger partial charge in [-0.2, -0.15) is 5.10 Å². The van der Waals surface area contributed by atoms with Crippen LogP contribution in [0.25, 0.3) is 0 Å². The highest BCUT2D eigenvalue weighted by atomic mass is 16.5. The molecular weight excluding hydrogens is 320 g/mol. The summed E-state index contributed by atoms with van der Waals surface area (Å²) in [4.78, 5) is 27.2. The zero-order valence-electron chi connectivity index (χ0n) is 14.5. The second-order valence-electron chi connectivity index (χ2n) is 5.90. The van der Waals surface area contributed by atoms with Crippen molar-refractivity contribution in [1.29, 1.82) is 0 Å². The van der Waals surface area contributed by atoms with Crippen LogP contribution >= 0.6 is 0 Å². The number of nitrogens with one attached hydrogen (secondary N) is 1. The van der Waals surface area contributed by atoms with Crippen LogP contribution in [0.15, 0.2) is 30.5 Å². The molecule has 0 aliphatic carbocycles. The topological polar surface area (TPSA) is 76.5 Å². The normalized spacial score (nSPS) is 14.4. The molecule has 7 nitrogen and oxygen atoms in total. The van der Waals surface area contributed by atoms with Crippen LogP contribution in [0.5, 0.6) is 0 Å². The van der Waals surface area contributed by atoms with Crippen LogP contribution in [-0.4, -0.2) is 52.8 Å². The van der Waals surface area contributed by atoms with Crippen molar-refractivity contribution in [3.63, 3.8) is 0 Å². The van der Waals surface area contributed by atoms with Gasteiger partial charge in [-0.3, -0.25) is 14.3 Å². The van der Waals surface area contributed by atoms with E-state index in [0.29, 0.717) is 49.8 Å². The third kappa shape index (κ3) is 3.56. The average molecular weight is 342 g/mol. The quantitative estimate of drug-likeness (QED) is 0.921. The van der Waals surface area contributed by atoms with E-state index in [1.165, 1.54) is 6.20 Å². The summed E-state index contributed by atoms with van der Waals surface area (Å²) in [5.41, 5.74) is 2.30. The fraction of sp³-hybridized carbons (Fsp3) is 0.389. The zero-order chi connectivity index (χ0) is 17.8. The van der Waals surface area contributed by atoms with Crippen molar-refractivity contribution in [2.24, 2.45) is 0 Å². The van der Waals surface area contributed by atoms with E-state index in [9.17, 15) is 9.59 Å². The Kier molecular flexibility index (Phi) is 5.14. The van der Waals surface area contributed by atoms with Crippen molar-refractivity contribution < 1.29 is 14.3 Å². The Bertz CT molecular complexity index is 778. The molecule has 0 spiro atoms. The molecule has 0 saturated carbocycles. The van der Waals surface area contributed by atoms with Gasteiger partial charge in [0, 0.05) is 25.2 Å². The summed E-state index contributed by atoms with van der Waals surface area (Å²) in [7, 11) is 0. The largest absolute Gasteiger partial charge is 0.378 e. The van der Waals surface area contributed by atoms with E-state index in [1.54, 1.807) is 15.6 Å². The van der Waals surface area contributed by atoms with Gasteiger partial charge < -0.3 is 15.0 Å². The van der Waals surface area contributed by atoms with Crippen LogP contribution in [-0.2, 0) is 11.3 Å². The lowest BCUT2D eigenvalue weighted by Gasteiger charge is -2.27. The molecule has 1 aromatic carbocycles. The fourth-order valence-corrected chi connectivity index (χ4v) is 2.88. The third-order valence-electron chi connectivity index (χ3n) is 4.28. The molecule has 0 unspecified atom stereocenters. The number of anilines is 1. The molecular formula is C18H22N4O3. The van der Waals surface area contributed by atoms with Gasteiger partial charge in [-0.1, -0.05) is 18.2 Å². The number of hydrogen-bond donors (Lipinski definition) is 1. The molecule has 25 heavy (non-hydrogen) atoms. The molecule has 0 atom stereocenters. The van der Waals surface area contributed by atoms with Crippen molar-refractivity contribution in [3.8, 4) is 0 Å². The van der Waals surface area contributed by atoms with Gasteiger partial charge in [-0.05, 0) is 25.5 Å². The van der Waals surface area contributed by atoms with Gasteiger partial charge in [0.25, 0.3) is 11.8 Å². The molecule has 2 heterocycles. The molecule has 0 bridgehead atoms. The number of morpholine rings is 1. The number of carbonyl (C=O) groups excluding carboxylic acids is 2. The van der Waals surface area contributed by atoms with E-state index in [2.05, 4.69) is 10.4 Å². The van der Waals surface area contributed by atoms with Gasteiger partial charge >= 0.3 is 0 Å². The highest BCUT2D eigenvalue weighted by Gasteiger charge is 2.26. The van der Waals surface area contributed by atoms with Crippen LogP contribution in [0.3, 0.4) is 0 Å². The van der Waals surface area contributed by atoms with E-state index in [1.807, 2.05) is 32.0 Å². The molecule has 0 radical (unpaired) electrons. The summed E-state index contributed by atoms with van der Waals surface area (Å²) >= 11 is 0. The highest BCUT2D eigenvalue weighted by molar-refractivity contribution is 6.09. The maximum Gasteiger partial charge on any atom is 0.274 e. The first kappa shape index (κ1) is 17.2. The minimum absolute atomic E-state index is 0.136. The first-order valence-electron chi connectivity index (χ1n) is 8.41. The van der Waals surface area contributed by atoms with E-state index >= 15 is 0 Å². The number of carbonyl (C=O) groups is 2. The number of aromatic nitrogens is 2. The van der Waals surface area contributed by atoms with E-state index in [-0.39, 0.29) is 11.8 Å². The van der Waals surface area contributed by atoms with Crippen molar-refractivity contribution >= 4 is 17.5 Å². The Morgan fingerprint density at radius 2 is 1.96 bits per heavy atom. The van der Waals surface area contributed by atoms with Crippen molar-refractivity contribution in [3.05, 3.63) is 47.3 Å². The number of hydrogen-bond acceptors (Lipinski definition) is 4. The smallest absolute Gasteiger partial charge is 0.274 e. The minimum atomic E-state index is -0.246. The summed E-state index contributed by atoms with van der Waals surface area (Å²) in [6.45, 7) is 6.47. The molecule has 1 aromatic heterocycles. The Morgan fingerprint density at radius 3 is 2.64 bits per heavy atom. The monoisotopic (exact) mass is 342 g/mol. The summed E-state index contributed by atoms with van der Waals surface area (Å²) in [5.74, 6) is -0.382. The third-order valence-corrected chi connectivity index (χ3v) is 4.28. The summed E-state index contributed by atoms with van der Waals surface area (Å²) in [6, 6.07) is 7.34. The van der Waals surface area contributed by atoms with Crippen molar-refractivity contribution in [1.82, 2.24) is 14.7 Å². The van der Waals surface area contributed by atoms with E-state index in [0.717, 1.165) is 5.56 Å². The number of amides is 2. The molecule has 1 aliphatic rings. The lowest BCUT2D eigenvalue weighted by atomic mass is 10.1. The predicted molar refractivity (Wildman–Crippen MR) is 93.8 cm³/mol. The lowest BCUT2D eigenvalue weighted by molar-refractivity contribution is 0.0295. The molecule has 2 aromatic rings. The van der Waals surface area contributed by atoms with Crippen molar-refractivity contribution in [2.45, 2.75) is 20.4 Å². The van der Waals surface area contributed by atoms with Crippen LogP contribution in [0.1, 0.15) is 33.3 Å². The highest BCUT2D eigenvalue weighted by Crippen LogP contribution is 2.20. The van der Waals surface area contributed by atoms with E-state index < -0.39 is 0 Å². The number of ether oxygens (including phenoxy) is 1. The maximum atomic E-state index is 12.9. The molecule has 132 valence electrons. The number of aryl methyl sites for hydroxylation is 2. The lowest BCUT2D eigenvalue weighted by Crippen LogP contribution is -2.41. The standard InChI is InChI=1S/C18H22N4O3/c1-3-22-16(18(24)21-8-10-25-11-9-21)15(12-19-22)20-17(23)14-7-5-4-6-13(14)2/h4-7,12H,3,8-11H2,1-2H3,(H,20,23). The van der Waals surface area contributed by atoms with Gasteiger partial charge in [-0.15, -0.1) is 0 Å². The first-order chi connectivity index (χ1) is 12.1. The number of rotatable bonds is 4. The number of benzene rings is 1. The van der Waals surface area contributed by atoms with Crippen LogP contribution in [0, 0.1) is 6.92 Å². The summed E-state index contributed by atoms with van der Waals surface area (Å²) < 4.78 is 6.92. The molecule has 1 fully saturated rings. The van der Waals surface area contributed by atoms with Gasteiger partial charge in [0.2, 0.25) is 0 Å². The van der Waals surface area contributed by atoms with Crippen molar-refractivity contribution in [2.75, 3.05) is 31.6 Å². The second-order valence-corrected chi connectivity index (χ2v) is 5.90. The molecule has 7 heteroatoms. The molecule has 3 rings (SSSR count). The molecule has 1 aliphatic heterocycles. The Hall–Kier alpha value is -2.67. The molecule has 1 N–H and O–H groups in total. The number of nitrogens with zero attached hydrogens (tertiary/aromatic N) is 3. The Morgan fingerprint density at radius 1 is 1.24 bits per heavy atom. The van der Waals surface area contributed by atoms with Gasteiger partial charge in [-0.25, -0.2) is 0 Å². The molecule has 2 amide bonds. The summed E-state index contributed by atoms with van der Waals surface area (Å²) in [6.07, 6.45) is 1.54. The SMILES string of the molecule is CCn1ncc(NC(=O)c2ccccc2C)c1C(=O)N1CCOCC1. The van der Waals surface area contributed by atoms with E-state index in [4.69, 9.17) is 4.74 Å². The Balaban J connectivity index is 1.87. The average Bonchev–Trinajstić information content (AvgIpc) is 3.04. The zero-order valence-corrected chi connectivity index (χ0v) is 14.5. The minimum Gasteiger partial charge on any atom is -0.378 e. The second kappa shape index (κ2) is 7.48. The summed E-state index contributed by atoms with van der Waals surface area (Å²) in [5, 5.41) is 7.08. The van der Waals surface area contributed by atoms with Gasteiger partial charge in [0.15, 0.2) is 0 Å². The van der Waals surface area contributed by atoms with Crippen LogP contribution < -0.4 is 5.32 Å². The van der Waals surface area contributed by atoms with Crippen LogP contribution in [0.2, 0.25) is 0 Å². The maximum absolute atomic E-state index is 12.9. The predicted octanol–water partition coefficient (Wildman–Crippen LogP) is 1.94. The Labute approximate surface area is 146 Å². The molecule has 1 saturated heterocycles. The fourth-order valence-electron chi connectivity index (χ4n) is 2.88. The van der Waals surface area contributed by atoms with Gasteiger partial charge in [0.05, 0.1) is 25.1 Å². The van der Waals surface area contributed by atoms with Crippen LogP contribution in [0.4, 0.5) is 5.69 Å².